The molecule has 0 bridgehead atoms. The number of alkyl carbamates (subject to hydrolysis) is 2. The number of benzene rings is 3. The third-order valence-electron chi connectivity index (χ3n) is 5.97. The number of carboxylic acid groups (broad SMARTS) is 1. The van der Waals surface area contributed by atoms with Crippen molar-refractivity contribution < 1.29 is 29.0 Å². The topological polar surface area (TPSA) is 166 Å². The fourth-order valence-electron chi connectivity index (χ4n) is 3.79. The summed E-state index contributed by atoms with van der Waals surface area (Å²) in [7, 11) is 0. The highest BCUT2D eigenvalue weighted by Crippen LogP contribution is 2.16. The van der Waals surface area contributed by atoms with Crippen molar-refractivity contribution in [3.8, 4) is 23.7 Å². The van der Waals surface area contributed by atoms with Gasteiger partial charge >= 0.3 is 18.2 Å². The molecular weight excluding hydrogens is 536 g/mol. The van der Waals surface area contributed by atoms with Crippen molar-refractivity contribution in [1.29, 1.82) is 0 Å². The number of ether oxygens (including phenoxy) is 2. The van der Waals surface area contributed by atoms with E-state index in [0.717, 1.165) is 22.3 Å². The van der Waals surface area contributed by atoms with E-state index >= 15 is 0 Å². The zero-order chi connectivity index (χ0) is 30.3. The van der Waals surface area contributed by atoms with Crippen molar-refractivity contribution in [1.82, 2.24) is 10.6 Å². The molecule has 0 fully saturated rings. The quantitative estimate of drug-likeness (QED) is 0.246. The molecule has 0 atom stereocenters. The number of carboxylic acids is 1. The summed E-state index contributed by atoms with van der Waals surface area (Å²) < 4.78 is 10.2. The molecule has 0 spiro atoms. The number of aromatic carboxylic acids is 1. The van der Waals surface area contributed by atoms with Gasteiger partial charge in [-0.25, -0.2) is 14.4 Å². The van der Waals surface area contributed by atoms with Gasteiger partial charge in [-0.05, 0) is 46.9 Å². The van der Waals surface area contributed by atoms with Crippen molar-refractivity contribution in [2.45, 2.75) is 33.1 Å². The highest BCUT2D eigenvalue weighted by molar-refractivity contribution is 5.90. The van der Waals surface area contributed by atoms with E-state index in [1.165, 1.54) is 6.07 Å². The Hall–Kier alpha value is -5.29. The van der Waals surface area contributed by atoms with Gasteiger partial charge in [-0.3, -0.25) is 0 Å². The molecule has 10 nitrogen and oxygen atoms in total. The summed E-state index contributed by atoms with van der Waals surface area (Å²) in [6, 6.07) is 18.1. The predicted molar refractivity (Wildman–Crippen MR) is 157 cm³/mol. The molecule has 3 aromatic carbocycles. The molecule has 0 saturated carbocycles. The van der Waals surface area contributed by atoms with Gasteiger partial charge in [-0.1, -0.05) is 72.2 Å². The second-order valence-corrected chi connectivity index (χ2v) is 9.01. The van der Waals surface area contributed by atoms with Gasteiger partial charge in [0.05, 0.1) is 5.56 Å². The molecule has 42 heavy (non-hydrogen) atoms. The van der Waals surface area contributed by atoms with Gasteiger partial charge in [0.15, 0.2) is 13.2 Å². The van der Waals surface area contributed by atoms with Gasteiger partial charge in [0.25, 0.3) is 0 Å². The predicted octanol–water partition coefficient (Wildman–Crippen LogP) is 3.17. The second-order valence-electron chi connectivity index (χ2n) is 9.01. The van der Waals surface area contributed by atoms with Crippen molar-refractivity contribution in [2.24, 2.45) is 11.5 Å². The number of nitrogens with one attached hydrogen (secondary N) is 2. The average Bonchev–Trinajstić information content (AvgIpc) is 3.00. The van der Waals surface area contributed by atoms with Crippen LogP contribution in [0.3, 0.4) is 0 Å². The number of hydrogen-bond donors (Lipinski definition) is 5. The van der Waals surface area contributed by atoms with Crippen LogP contribution in [0.15, 0.2) is 60.7 Å². The molecule has 0 aliphatic rings. The standard InChI is InChI=1S/C32H32N4O6/c1-22-28(11-5-13-42-32(40)36-21-27-9-3-7-25(15-27)19-34)16-23(17-29(22)30(37)38)10-4-12-41-31(39)35-20-26-8-2-6-24(14-26)18-33/h2-3,6-9,14-17H,12-13,18-21,33-34H2,1H3,(H,35,39)(H,36,40)(H,37,38). The van der Waals surface area contributed by atoms with Gasteiger partial charge in [0.1, 0.15) is 0 Å². The summed E-state index contributed by atoms with van der Waals surface area (Å²) in [6.45, 7) is 2.58. The van der Waals surface area contributed by atoms with E-state index in [9.17, 15) is 19.5 Å². The van der Waals surface area contributed by atoms with Crippen LogP contribution in [-0.2, 0) is 35.7 Å². The lowest BCUT2D eigenvalue weighted by atomic mass is 9.99. The Labute approximate surface area is 244 Å². The van der Waals surface area contributed by atoms with Gasteiger partial charge in [-0.2, -0.15) is 0 Å². The first-order valence-electron chi connectivity index (χ1n) is 13.0. The summed E-state index contributed by atoms with van der Waals surface area (Å²) in [5.41, 5.74) is 16.2. The first-order valence-corrected chi connectivity index (χ1v) is 13.0. The Balaban J connectivity index is 1.54. The lowest BCUT2D eigenvalue weighted by molar-refractivity contribution is 0.0696. The molecule has 3 rings (SSSR count). The molecule has 0 radical (unpaired) electrons. The number of hydrogen-bond acceptors (Lipinski definition) is 7. The highest BCUT2D eigenvalue weighted by Gasteiger charge is 2.11. The third kappa shape index (κ3) is 10.0. The van der Waals surface area contributed by atoms with Crippen LogP contribution in [0.5, 0.6) is 0 Å². The first kappa shape index (κ1) is 31.2. The van der Waals surface area contributed by atoms with Crippen LogP contribution in [0, 0.1) is 30.6 Å². The van der Waals surface area contributed by atoms with Crippen molar-refractivity contribution in [2.75, 3.05) is 13.2 Å². The summed E-state index contributed by atoms with van der Waals surface area (Å²) in [6.07, 6.45) is -1.28. The van der Waals surface area contributed by atoms with Crippen LogP contribution < -0.4 is 22.1 Å². The fourth-order valence-corrected chi connectivity index (χ4v) is 3.79. The maximum Gasteiger partial charge on any atom is 0.408 e. The van der Waals surface area contributed by atoms with E-state index in [2.05, 4.69) is 34.3 Å². The first-order chi connectivity index (χ1) is 20.3. The largest absolute Gasteiger partial charge is 0.478 e. The van der Waals surface area contributed by atoms with Crippen LogP contribution in [0.25, 0.3) is 0 Å². The van der Waals surface area contributed by atoms with E-state index in [4.69, 9.17) is 20.9 Å². The lowest BCUT2D eigenvalue weighted by Crippen LogP contribution is -2.24. The van der Waals surface area contributed by atoms with E-state index in [1.54, 1.807) is 13.0 Å². The number of carbonyl (C=O) groups is 3. The molecule has 0 unspecified atom stereocenters. The van der Waals surface area contributed by atoms with Crippen molar-refractivity contribution >= 4 is 18.2 Å². The Morgan fingerprint density at radius 1 is 0.762 bits per heavy atom. The second kappa shape index (κ2) is 16.1. The maximum absolute atomic E-state index is 12.0. The minimum absolute atomic E-state index is 0.0304. The average molecular weight is 569 g/mol. The fraction of sp³-hybridized carbons (Fsp3) is 0.219. The van der Waals surface area contributed by atoms with Gasteiger partial charge < -0.3 is 36.7 Å². The monoisotopic (exact) mass is 568 g/mol. The highest BCUT2D eigenvalue weighted by atomic mass is 16.6. The SMILES string of the molecule is Cc1c(C#CCOC(=O)NCc2cccc(CN)c2)cc(C#CCOC(=O)NCc2cccc(CN)c2)cc1C(=O)O. The Morgan fingerprint density at radius 2 is 1.26 bits per heavy atom. The van der Waals surface area contributed by atoms with Crippen molar-refractivity contribution in [3.63, 3.8) is 0 Å². The molecule has 7 N–H and O–H groups in total. The molecule has 0 aromatic heterocycles. The van der Waals surface area contributed by atoms with Crippen LogP contribution in [0.4, 0.5) is 9.59 Å². The normalized spacial score (nSPS) is 9.88. The molecule has 0 aliphatic carbocycles. The summed E-state index contributed by atoms with van der Waals surface area (Å²) in [4.78, 5) is 35.8. The van der Waals surface area contributed by atoms with Gasteiger partial charge in [0, 0.05) is 37.3 Å². The number of nitrogens with two attached hydrogens (primary N) is 2. The Kier molecular flexibility index (Phi) is 12.0. The summed E-state index contributed by atoms with van der Waals surface area (Å²) >= 11 is 0. The molecule has 0 saturated heterocycles. The molecule has 10 heteroatoms. The lowest BCUT2D eigenvalue weighted by Gasteiger charge is -2.07. The van der Waals surface area contributed by atoms with Crippen molar-refractivity contribution in [3.05, 3.63) is 105 Å². The minimum atomic E-state index is -1.14. The third-order valence-corrected chi connectivity index (χ3v) is 5.97. The minimum Gasteiger partial charge on any atom is -0.478 e. The van der Waals surface area contributed by atoms with E-state index in [0.29, 0.717) is 29.8 Å². The summed E-state index contributed by atoms with van der Waals surface area (Å²) in [5.74, 6) is 9.93. The molecule has 2 amide bonds. The van der Waals surface area contributed by atoms with E-state index in [1.807, 2.05) is 48.5 Å². The van der Waals surface area contributed by atoms with Crippen LogP contribution in [0.2, 0.25) is 0 Å². The Bertz CT molecular complexity index is 1560. The maximum atomic E-state index is 12.0. The number of amides is 2. The molecule has 216 valence electrons. The number of rotatable bonds is 9. The molecule has 0 aliphatic heterocycles. The number of carbonyl (C=O) groups excluding carboxylic acids is 2. The smallest absolute Gasteiger partial charge is 0.408 e. The zero-order valence-corrected chi connectivity index (χ0v) is 23.2. The zero-order valence-electron chi connectivity index (χ0n) is 23.2. The summed E-state index contributed by atoms with van der Waals surface area (Å²) in [5, 5.41) is 14.9. The van der Waals surface area contributed by atoms with Gasteiger partial charge in [-0.15, -0.1) is 0 Å². The molecule has 3 aromatic rings. The van der Waals surface area contributed by atoms with Gasteiger partial charge in [0.2, 0.25) is 0 Å². The Morgan fingerprint density at radius 3 is 1.76 bits per heavy atom. The van der Waals surface area contributed by atoms with E-state index in [-0.39, 0.29) is 31.9 Å². The van der Waals surface area contributed by atoms with Crippen LogP contribution in [0.1, 0.15) is 49.3 Å². The van der Waals surface area contributed by atoms with Crippen LogP contribution >= 0.6 is 0 Å². The molecule has 0 heterocycles. The molecular formula is C32H32N4O6. The van der Waals surface area contributed by atoms with E-state index < -0.39 is 18.2 Å². The van der Waals surface area contributed by atoms with Crippen LogP contribution in [-0.4, -0.2) is 36.5 Å².